The third-order valence-electron chi connectivity index (χ3n) is 4.82. The van der Waals surface area contributed by atoms with Gasteiger partial charge in [-0.05, 0) is 43.2 Å². The summed E-state index contributed by atoms with van der Waals surface area (Å²) in [5, 5.41) is 18.0. The number of nitriles is 1. The number of hydrogen-bond donors (Lipinski definition) is 3. The van der Waals surface area contributed by atoms with Crippen molar-refractivity contribution in [2.24, 2.45) is 0 Å². The standard InChI is InChI=1S/C22H20F3N5O/c1-13-7-8-15-11-16(12-26)20(30-19(15)14(13)2)27-9-10-28-21(31)29-18-6-4-3-5-17(18)22(23,24)25/h3-8,11H,9-10H2,1-2H3,(H,27,30)(H2,28,29,31). The number of rotatable bonds is 5. The molecule has 31 heavy (non-hydrogen) atoms. The van der Waals surface area contributed by atoms with Crippen LogP contribution < -0.4 is 16.0 Å². The van der Waals surface area contributed by atoms with E-state index in [0.29, 0.717) is 11.4 Å². The first-order chi connectivity index (χ1) is 14.7. The molecule has 2 amide bonds. The van der Waals surface area contributed by atoms with Crippen LogP contribution in [0.2, 0.25) is 0 Å². The molecule has 3 aromatic rings. The Morgan fingerprint density at radius 1 is 1.13 bits per heavy atom. The van der Waals surface area contributed by atoms with E-state index < -0.39 is 17.8 Å². The maximum Gasteiger partial charge on any atom is 0.418 e. The number of hydrogen-bond acceptors (Lipinski definition) is 4. The predicted octanol–water partition coefficient (Wildman–Crippen LogP) is 4.98. The van der Waals surface area contributed by atoms with E-state index in [1.807, 2.05) is 26.0 Å². The molecule has 3 rings (SSSR count). The van der Waals surface area contributed by atoms with Gasteiger partial charge in [-0.1, -0.05) is 24.3 Å². The van der Waals surface area contributed by atoms with E-state index in [1.165, 1.54) is 18.2 Å². The second-order valence-electron chi connectivity index (χ2n) is 6.93. The Bertz CT molecular complexity index is 1170. The maximum absolute atomic E-state index is 13.0. The van der Waals surface area contributed by atoms with Crippen molar-refractivity contribution in [1.29, 1.82) is 5.26 Å². The number of para-hydroxylation sites is 1. The lowest BCUT2D eigenvalue weighted by Crippen LogP contribution is -2.33. The van der Waals surface area contributed by atoms with E-state index in [0.717, 1.165) is 28.1 Å². The van der Waals surface area contributed by atoms with E-state index in [-0.39, 0.29) is 18.8 Å². The van der Waals surface area contributed by atoms with Crippen molar-refractivity contribution in [1.82, 2.24) is 10.3 Å². The number of urea groups is 1. The number of aromatic nitrogens is 1. The SMILES string of the molecule is Cc1ccc2cc(C#N)c(NCCNC(=O)Nc3ccccc3C(F)(F)F)nc2c1C. The Kier molecular flexibility index (Phi) is 6.30. The number of alkyl halides is 3. The second kappa shape index (κ2) is 8.92. The zero-order chi connectivity index (χ0) is 22.6. The smallest absolute Gasteiger partial charge is 0.367 e. The monoisotopic (exact) mass is 427 g/mol. The van der Waals surface area contributed by atoms with Crippen LogP contribution in [0.25, 0.3) is 10.9 Å². The van der Waals surface area contributed by atoms with Gasteiger partial charge in [-0.15, -0.1) is 0 Å². The zero-order valence-corrected chi connectivity index (χ0v) is 16.9. The van der Waals surface area contributed by atoms with Gasteiger partial charge in [0.25, 0.3) is 0 Å². The minimum atomic E-state index is -4.57. The Balaban J connectivity index is 1.62. The van der Waals surface area contributed by atoms with Crippen LogP contribution in [-0.4, -0.2) is 24.1 Å². The third-order valence-corrected chi connectivity index (χ3v) is 4.82. The fourth-order valence-corrected chi connectivity index (χ4v) is 3.07. The summed E-state index contributed by atoms with van der Waals surface area (Å²) in [4.78, 5) is 16.5. The molecule has 0 unspecified atom stereocenters. The predicted molar refractivity (Wildman–Crippen MR) is 113 cm³/mol. The van der Waals surface area contributed by atoms with Gasteiger partial charge in [-0.2, -0.15) is 18.4 Å². The Labute approximate surface area is 177 Å². The number of amides is 2. The van der Waals surface area contributed by atoms with E-state index in [4.69, 9.17) is 0 Å². The second-order valence-corrected chi connectivity index (χ2v) is 6.93. The average Bonchev–Trinajstić information content (AvgIpc) is 2.73. The highest BCUT2D eigenvalue weighted by atomic mass is 19.4. The minimum Gasteiger partial charge on any atom is -0.367 e. The lowest BCUT2D eigenvalue weighted by molar-refractivity contribution is -0.136. The topological polar surface area (TPSA) is 89.8 Å². The van der Waals surface area contributed by atoms with E-state index >= 15 is 0 Å². The van der Waals surface area contributed by atoms with Crippen molar-refractivity contribution in [2.45, 2.75) is 20.0 Å². The normalized spacial score (nSPS) is 11.1. The highest BCUT2D eigenvalue weighted by molar-refractivity contribution is 5.90. The molecular weight excluding hydrogens is 407 g/mol. The van der Waals surface area contributed by atoms with Crippen LogP contribution in [0.15, 0.2) is 42.5 Å². The van der Waals surface area contributed by atoms with Crippen LogP contribution in [0, 0.1) is 25.2 Å². The lowest BCUT2D eigenvalue weighted by Gasteiger charge is -2.14. The van der Waals surface area contributed by atoms with Crippen LogP contribution in [-0.2, 0) is 6.18 Å². The molecule has 0 aliphatic carbocycles. The summed E-state index contributed by atoms with van der Waals surface area (Å²) in [5.41, 5.74) is 1.97. The molecule has 1 aromatic heterocycles. The molecule has 1 heterocycles. The first-order valence-electron chi connectivity index (χ1n) is 9.46. The Hall–Kier alpha value is -3.80. The van der Waals surface area contributed by atoms with Crippen molar-refractivity contribution >= 4 is 28.4 Å². The number of halogens is 3. The molecule has 0 saturated carbocycles. The van der Waals surface area contributed by atoms with Gasteiger partial charge in [0.05, 0.1) is 22.3 Å². The van der Waals surface area contributed by atoms with Crippen molar-refractivity contribution in [3.8, 4) is 6.07 Å². The molecular formula is C22H20F3N5O. The van der Waals surface area contributed by atoms with Gasteiger partial charge in [0, 0.05) is 18.5 Å². The highest BCUT2D eigenvalue weighted by Crippen LogP contribution is 2.34. The molecule has 0 aliphatic heterocycles. The average molecular weight is 427 g/mol. The van der Waals surface area contributed by atoms with Crippen molar-refractivity contribution in [3.05, 3.63) is 64.7 Å². The largest absolute Gasteiger partial charge is 0.418 e. The molecule has 0 spiro atoms. The lowest BCUT2D eigenvalue weighted by atomic mass is 10.0. The zero-order valence-electron chi connectivity index (χ0n) is 16.9. The van der Waals surface area contributed by atoms with Crippen LogP contribution in [0.5, 0.6) is 0 Å². The van der Waals surface area contributed by atoms with Gasteiger partial charge in [0.15, 0.2) is 0 Å². The van der Waals surface area contributed by atoms with Gasteiger partial charge in [-0.3, -0.25) is 0 Å². The molecule has 160 valence electrons. The first-order valence-corrected chi connectivity index (χ1v) is 9.46. The molecule has 0 fully saturated rings. The molecule has 0 atom stereocenters. The quantitative estimate of drug-likeness (QED) is 0.501. The summed E-state index contributed by atoms with van der Waals surface area (Å²) in [5.74, 6) is 0.383. The summed E-state index contributed by atoms with van der Waals surface area (Å²) < 4.78 is 39.0. The summed E-state index contributed by atoms with van der Waals surface area (Å²) >= 11 is 0. The van der Waals surface area contributed by atoms with Crippen LogP contribution in [0.3, 0.4) is 0 Å². The number of anilines is 2. The number of carbonyl (C=O) groups excluding carboxylic acids is 1. The van der Waals surface area contributed by atoms with Crippen LogP contribution in [0.4, 0.5) is 29.5 Å². The fourth-order valence-electron chi connectivity index (χ4n) is 3.07. The van der Waals surface area contributed by atoms with Gasteiger partial charge in [0.1, 0.15) is 11.9 Å². The van der Waals surface area contributed by atoms with Gasteiger partial charge in [0.2, 0.25) is 0 Å². The van der Waals surface area contributed by atoms with Crippen molar-refractivity contribution in [2.75, 3.05) is 23.7 Å². The first kappa shape index (κ1) is 21.9. The molecule has 2 aromatic carbocycles. The number of carbonyl (C=O) groups is 1. The molecule has 6 nitrogen and oxygen atoms in total. The summed E-state index contributed by atoms with van der Waals surface area (Å²) in [6.07, 6.45) is -4.57. The molecule has 9 heteroatoms. The number of aryl methyl sites for hydroxylation is 2. The number of nitrogens with one attached hydrogen (secondary N) is 3. The minimum absolute atomic E-state index is 0.109. The molecule has 0 bridgehead atoms. The number of nitrogens with zero attached hydrogens (tertiary/aromatic N) is 2. The van der Waals surface area contributed by atoms with Gasteiger partial charge >= 0.3 is 12.2 Å². The maximum atomic E-state index is 13.0. The van der Waals surface area contributed by atoms with Crippen LogP contribution in [0.1, 0.15) is 22.3 Å². The summed E-state index contributed by atoms with van der Waals surface area (Å²) in [7, 11) is 0. The van der Waals surface area contributed by atoms with Gasteiger partial charge in [-0.25, -0.2) is 9.78 Å². The third kappa shape index (κ3) is 5.04. The Morgan fingerprint density at radius 3 is 2.58 bits per heavy atom. The van der Waals surface area contributed by atoms with Crippen molar-refractivity contribution < 1.29 is 18.0 Å². The molecule has 0 aliphatic rings. The van der Waals surface area contributed by atoms with E-state index in [1.54, 1.807) is 6.07 Å². The van der Waals surface area contributed by atoms with E-state index in [2.05, 4.69) is 27.0 Å². The fraction of sp³-hybridized carbons (Fsp3) is 0.227. The number of pyridine rings is 1. The van der Waals surface area contributed by atoms with Crippen LogP contribution >= 0.6 is 0 Å². The summed E-state index contributed by atoms with van der Waals surface area (Å²) in [6, 6.07) is 11.7. The number of fused-ring (bicyclic) bond motifs is 1. The highest BCUT2D eigenvalue weighted by Gasteiger charge is 2.33. The van der Waals surface area contributed by atoms with Crippen molar-refractivity contribution in [3.63, 3.8) is 0 Å². The summed E-state index contributed by atoms with van der Waals surface area (Å²) in [6.45, 7) is 4.26. The Morgan fingerprint density at radius 2 is 1.87 bits per heavy atom. The molecule has 0 radical (unpaired) electrons. The van der Waals surface area contributed by atoms with E-state index in [9.17, 15) is 23.2 Å². The van der Waals surface area contributed by atoms with Gasteiger partial charge < -0.3 is 16.0 Å². The molecule has 0 saturated heterocycles. The number of benzene rings is 2. The molecule has 3 N–H and O–H groups in total.